The van der Waals surface area contributed by atoms with Crippen LogP contribution in [0.25, 0.3) is 11.4 Å². The van der Waals surface area contributed by atoms with E-state index in [2.05, 4.69) is 15.5 Å². The Kier molecular flexibility index (Phi) is 4.39. The van der Waals surface area contributed by atoms with Gasteiger partial charge in [-0.2, -0.15) is 13.2 Å². The third-order valence-electron chi connectivity index (χ3n) is 2.87. The van der Waals surface area contributed by atoms with Crippen molar-refractivity contribution in [3.8, 4) is 11.4 Å². The molecule has 0 radical (unpaired) electrons. The van der Waals surface area contributed by atoms with Crippen molar-refractivity contribution in [2.24, 2.45) is 0 Å². The van der Waals surface area contributed by atoms with E-state index in [1.165, 1.54) is 22.9 Å². The lowest BCUT2D eigenvalue weighted by Crippen LogP contribution is -2.08. The Labute approximate surface area is 117 Å². The van der Waals surface area contributed by atoms with E-state index in [1.807, 2.05) is 0 Å². The highest BCUT2D eigenvalue weighted by Gasteiger charge is 2.25. The van der Waals surface area contributed by atoms with E-state index in [1.54, 1.807) is 0 Å². The summed E-state index contributed by atoms with van der Waals surface area (Å²) in [4.78, 5) is 0. The molecule has 0 saturated heterocycles. The first-order valence-electron chi connectivity index (χ1n) is 6.25. The van der Waals surface area contributed by atoms with E-state index >= 15 is 0 Å². The molecule has 2 N–H and O–H groups in total. The molecule has 21 heavy (non-hydrogen) atoms. The smallest absolute Gasteiger partial charge is 0.389 e. The molecule has 0 bridgehead atoms. The molecule has 0 aliphatic rings. The van der Waals surface area contributed by atoms with Gasteiger partial charge in [-0.15, -0.1) is 5.10 Å². The van der Waals surface area contributed by atoms with Gasteiger partial charge in [-0.1, -0.05) is 0 Å². The number of nitrogen functional groups attached to an aromatic ring is 1. The fourth-order valence-electron chi connectivity index (χ4n) is 1.83. The second kappa shape index (κ2) is 6.06. The number of unbranched alkanes of at least 4 members (excludes halogenated alkanes) is 1. The second-order valence-electron chi connectivity index (χ2n) is 4.53. The van der Waals surface area contributed by atoms with Crippen LogP contribution in [0.3, 0.4) is 0 Å². The van der Waals surface area contributed by atoms with Crippen LogP contribution in [0.4, 0.5) is 23.2 Å². The summed E-state index contributed by atoms with van der Waals surface area (Å²) in [6.07, 6.45) is -4.72. The van der Waals surface area contributed by atoms with Crippen LogP contribution in [0.2, 0.25) is 0 Å². The van der Waals surface area contributed by atoms with Crippen molar-refractivity contribution in [1.29, 1.82) is 0 Å². The molecular weight excluding hydrogens is 290 g/mol. The number of halogens is 4. The largest absolute Gasteiger partial charge is 0.396 e. The minimum atomic E-state index is -4.16. The number of hydrogen-bond donors (Lipinski definition) is 1. The van der Waals surface area contributed by atoms with Gasteiger partial charge >= 0.3 is 6.18 Å². The Hall–Kier alpha value is -2.19. The zero-order chi connectivity index (χ0) is 15.5. The highest BCUT2D eigenvalue weighted by atomic mass is 19.4. The summed E-state index contributed by atoms with van der Waals surface area (Å²) in [6, 6.07) is 4.03. The van der Waals surface area contributed by atoms with Gasteiger partial charge in [-0.3, -0.25) is 0 Å². The number of nitrogens with two attached hydrogens (primary N) is 1. The van der Waals surface area contributed by atoms with Crippen LogP contribution in [0, 0.1) is 5.82 Å². The standard InChI is InChI=1S/C12H13F4N5/c13-9-4-3-8(7-10(9)17)11-18-19-20-21(11)6-2-1-5-12(14,15)16/h3-4,7H,1-2,5-6,17H2. The van der Waals surface area contributed by atoms with Gasteiger partial charge in [0.05, 0.1) is 5.69 Å². The number of aryl methyl sites for hydroxylation is 1. The molecule has 1 heterocycles. The summed E-state index contributed by atoms with van der Waals surface area (Å²) in [7, 11) is 0. The van der Waals surface area contributed by atoms with Gasteiger partial charge in [0.1, 0.15) is 5.82 Å². The van der Waals surface area contributed by atoms with Crippen molar-refractivity contribution in [3.63, 3.8) is 0 Å². The van der Waals surface area contributed by atoms with Gasteiger partial charge in [0, 0.05) is 18.5 Å². The van der Waals surface area contributed by atoms with Crippen LogP contribution in [0.5, 0.6) is 0 Å². The third-order valence-corrected chi connectivity index (χ3v) is 2.87. The molecule has 0 spiro atoms. The topological polar surface area (TPSA) is 69.6 Å². The van der Waals surface area contributed by atoms with Crippen molar-refractivity contribution in [2.75, 3.05) is 5.73 Å². The quantitative estimate of drug-likeness (QED) is 0.524. The molecule has 0 atom stereocenters. The SMILES string of the molecule is Nc1cc(-c2nnnn2CCCCC(F)(F)F)ccc1F. The zero-order valence-electron chi connectivity index (χ0n) is 10.9. The number of aromatic nitrogens is 4. The molecule has 0 unspecified atom stereocenters. The van der Waals surface area contributed by atoms with E-state index in [4.69, 9.17) is 5.73 Å². The molecule has 2 aromatic rings. The highest BCUT2D eigenvalue weighted by molar-refractivity contribution is 5.61. The molecule has 5 nitrogen and oxygen atoms in total. The molecular formula is C12H13F4N5. The summed E-state index contributed by atoms with van der Waals surface area (Å²) in [5.41, 5.74) is 5.93. The lowest BCUT2D eigenvalue weighted by Gasteiger charge is -2.07. The minimum Gasteiger partial charge on any atom is -0.396 e. The molecule has 1 aromatic heterocycles. The van der Waals surface area contributed by atoms with Gasteiger partial charge in [-0.25, -0.2) is 9.07 Å². The first-order chi connectivity index (χ1) is 9.87. The Morgan fingerprint density at radius 1 is 1.19 bits per heavy atom. The van der Waals surface area contributed by atoms with Crippen LogP contribution < -0.4 is 5.73 Å². The maximum absolute atomic E-state index is 13.1. The summed E-state index contributed by atoms with van der Waals surface area (Å²) in [5.74, 6) is -0.211. The molecule has 114 valence electrons. The van der Waals surface area contributed by atoms with E-state index in [0.29, 0.717) is 11.4 Å². The zero-order valence-corrected chi connectivity index (χ0v) is 10.9. The fraction of sp³-hybridized carbons (Fsp3) is 0.417. The Morgan fingerprint density at radius 2 is 1.95 bits per heavy atom. The number of hydrogen-bond acceptors (Lipinski definition) is 4. The number of alkyl halides is 3. The normalized spacial score (nSPS) is 11.8. The van der Waals surface area contributed by atoms with Crippen molar-refractivity contribution in [1.82, 2.24) is 20.2 Å². The van der Waals surface area contributed by atoms with Crippen LogP contribution in [0.1, 0.15) is 19.3 Å². The summed E-state index contributed by atoms with van der Waals surface area (Å²) >= 11 is 0. The van der Waals surface area contributed by atoms with Crippen LogP contribution in [0.15, 0.2) is 18.2 Å². The predicted octanol–water partition coefficient (Wildman–Crippen LogP) is 2.79. The van der Waals surface area contributed by atoms with Gasteiger partial charge in [0.15, 0.2) is 5.82 Å². The van der Waals surface area contributed by atoms with Crippen molar-refractivity contribution < 1.29 is 17.6 Å². The number of benzene rings is 1. The first-order valence-corrected chi connectivity index (χ1v) is 6.25. The van der Waals surface area contributed by atoms with Gasteiger partial charge in [0.25, 0.3) is 0 Å². The maximum Gasteiger partial charge on any atom is 0.389 e. The summed E-state index contributed by atoms with van der Waals surface area (Å²) < 4.78 is 50.6. The Bertz CT molecular complexity index is 608. The van der Waals surface area contributed by atoms with Gasteiger partial charge in [-0.05, 0) is 41.5 Å². The number of nitrogens with zero attached hydrogens (tertiary/aromatic N) is 4. The third kappa shape index (κ3) is 4.14. The lowest BCUT2D eigenvalue weighted by molar-refractivity contribution is -0.135. The van der Waals surface area contributed by atoms with Crippen LogP contribution >= 0.6 is 0 Å². The Balaban J connectivity index is 2.03. The minimum absolute atomic E-state index is 0.00560. The predicted molar refractivity (Wildman–Crippen MR) is 67.5 cm³/mol. The van der Waals surface area contributed by atoms with Crippen molar-refractivity contribution >= 4 is 5.69 Å². The number of rotatable bonds is 5. The molecule has 9 heteroatoms. The van der Waals surface area contributed by atoms with Crippen LogP contribution in [-0.2, 0) is 6.54 Å². The molecule has 0 aliphatic heterocycles. The number of tetrazole rings is 1. The molecule has 0 aliphatic carbocycles. The van der Waals surface area contributed by atoms with Crippen molar-refractivity contribution in [3.05, 3.63) is 24.0 Å². The van der Waals surface area contributed by atoms with Gasteiger partial charge < -0.3 is 5.73 Å². The van der Waals surface area contributed by atoms with E-state index in [0.717, 1.165) is 0 Å². The van der Waals surface area contributed by atoms with Crippen LogP contribution in [-0.4, -0.2) is 26.4 Å². The second-order valence-corrected chi connectivity index (χ2v) is 4.53. The summed E-state index contributed by atoms with van der Waals surface area (Å²) in [6.45, 7) is 0.246. The monoisotopic (exact) mass is 303 g/mol. The molecule has 2 rings (SSSR count). The summed E-state index contributed by atoms with van der Waals surface area (Å²) in [5, 5.41) is 11.0. The molecule has 0 saturated carbocycles. The Morgan fingerprint density at radius 3 is 2.62 bits per heavy atom. The van der Waals surface area contributed by atoms with E-state index in [9.17, 15) is 17.6 Å². The van der Waals surface area contributed by atoms with Gasteiger partial charge in [0.2, 0.25) is 0 Å². The maximum atomic E-state index is 13.1. The average molecular weight is 303 g/mol. The van der Waals surface area contributed by atoms with Crippen molar-refractivity contribution in [2.45, 2.75) is 32.0 Å². The van der Waals surface area contributed by atoms with E-state index in [-0.39, 0.29) is 25.1 Å². The molecule has 1 aromatic carbocycles. The molecule has 0 amide bonds. The lowest BCUT2D eigenvalue weighted by atomic mass is 10.2. The van der Waals surface area contributed by atoms with E-state index < -0.39 is 18.4 Å². The highest BCUT2D eigenvalue weighted by Crippen LogP contribution is 2.24. The molecule has 0 fully saturated rings. The first kappa shape index (κ1) is 15.2. The number of anilines is 1. The average Bonchev–Trinajstić information content (AvgIpc) is 2.85. The fourth-order valence-corrected chi connectivity index (χ4v) is 1.83.